The maximum atomic E-state index is 5.98. The van der Waals surface area contributed by atoms with Gasteiger partial charge >= 0.3 is 0 Å². The van der Waals surface area contributed by atoms with E-state index in [2.05, 4.69) is 24.2 Å². The molecule has 0 radical (unpaired) electrons. The van der Waals surface area contributed by atoms with E-state index in [-0.39, 0.29) is 6.04 Å². The molecule has 1 aromatic carbocycles. The van der Waals surface area contributed by atoms with E-state index in [1.54, 1.807) is 0 Å². The monoisotopic (exact) mass is 203 g/mol. The molecule has 2 aromatic rings. The Hall–Kier alpha value is -1.35. The van der Waals surface area contributed by atoms with Gasteiger partial charge in [-0.1, -0.05) is 19.1 Å². The second kappa shape index (κ2) is 3.66. The average Bonchev–Trinajstić information content (AvgIpc) is 2.55. The van der Waals surface area contributed by atoms with E-state index >= 15 is 0 Å². The predicted molar refractivity (Wildman–Crippen MR) is 62.7 cm³/mol. The molecule has 3 heteroatoms. The molecule has 0 amide bonds. The highest BCUT2D eigenvalue weighted by atomic mass is 15.3. The Morgan fingerprint density at radius 1 is 1.47 bits per heavy atom. The van der Waals surface area contributed by atoms with E-state index in [4.69, 9.17) is 5.73 Å². The van der Waals surface area contributed by atoms with Crippen LogP contribution in [0.25, 0.3) is 10.9 Å². The van der Waals surface area contributed by atoms with Crippen LogP contribution in [0.5, 0.6) is 0 Å². The van der Waals surface area contributed by atoms with Gasteiger partial charge in [-0.15, -0.1) is 0 Å². The van der Waals surface area contributed by atoms with E-state index < -0.39 is 0 Å². The molecule has 1 atom stereocenters. The van der Waals surface area contributed by atoms with Crippen LogP contribution in [0.1, 0.15) is 31.1 Å². The molecule has 1 heterocycles. The normalized spacial score (nSPS) is 13.3. The molecule has 0 saturated carbocycles. The van der Waals surface area contributed by atoms with Crippen LogP contribution in [-0.4, -0.2) is 9.78 Å². The van der Waals surface area contributed by atoms with Crippen LogP contribution in [0.4, 0.5) is 0 Å². The van der Waals surface area contributed by atoms with Gasteiger partial charge < -0.3 is 5.73 Å². The van der Waals surface area contributed by atoms with Gasteiger partial charge in [0, 0.05) is 18.5 Å². The van der Waals surface area contributed by atoms with Gasteiger partial charge in [0.15, 0.2) is 0 Å². The number of nitrogens with two attached hydrogens (primary N) is 1. The van der Waals surface area contributed by atoms with Gasteiger partial charge in [-0.3, -0.25) is 4.68 Å². The van der Waals surface area contributed by atoms with Crippen molar-refractivity contribution in [3.63, 3.8) is 0 Å². The Balaban J connectivity index is 2.82. The van der Waals surface area contributed by atoms with Crippen molar-refractivity contribution >= 4 is 10.9 Å². The maximum Gasteiger partial charge on any atom is 0.0703 e. The summed E-state index contributed by atoms with van der Waals surface area (Å²) in [7, 11) is 1.98. The molecular formula is C12H17N3. The highest BCUT2D eigenvalue weighted by Crippen LogP contribution is 2.26. The molecule has 1 unspecified atom stereocenters. The van der Waals surface area contributed by atoms with Crippen molar-refractivity contribution < 1.29 is 0 Å². The summed E-state index contributed by atoms with van der Waals surface area (Å²) in [6.45, 7) is 4.14. The van der Waals surface area contributed by atoms with E-state index in [9.17, 15) is 0 Å². The lowest BCUT2D eigenvalue weighted by Crippen LogP contribution is -2.05. The number of fused-ring (bicyclic) bond motifs is 1. The third kappa shape index (κ3) is 1.53. The van der Waals surface area contributed by atoms with Crippen molar-refractivity contribution in [3.05, 3.63) is 29.5 Å². The molecule has 2 rings (SSSR count). The van der Waals surface area contributed by atoms with E-state index in [0.717, 1.165) is 12.1 Å². The highest BCUT2D eigenvalue weighted by Gasteiger charge is 2.12. The molecule has 3 nitrogen and oxygen atoms in total. The van der Waals surface area contributed by atoms with Crippen molar-refractivity contribution in [1.82, 2.24) is 9.78 Å². The molecule has 2 N–H and O–H groups in total. The van der Waals surface area contributed by atoms with Crippen LogP contribution in [0.2, 0.25) is 0 Å². The Morgan fingerprint density at radius 3 is 2.80 bits per heavy atom. The zero-order valence-electron chi connectivity index (χ0n) is 9.49. The van der Waals surface area contributed by atoms with E-state index in [0.29, 0.717) is 0 Å². The number of nitrogens with zero attached hydrogens (tertiary/aromatic N) is 2. The number of hydrogen-bond donors (Lipinski definition) is 1. The van der Waals surface area contributed by atoms with Crippen molar-refractivity contribution in [2.45, 2.75) is 26.3 Å². The summed E-state index contributed by atoms with van der Waals surface area (Å²) in [4.78, 5) is 0. The quantitative estimate of drug-likeness (QED) is 0.812. The summed E-state index contributed by atoms with van der Waals surface area (Å²) < 4.78 is 1.93. The van der Waals surface area contributed by atoms with Crippen molar-refractivity contribution in [2.75, 3.05) is 0 Å². The molecule has 0 fully saturated rings. The second-order valence-electron chi connectivity index (χ2n) is 3.95. The van der Waals surface area contributed by atoms with Crippen LogP contribution >= 0.6 is 0 Å². The number of benzene rings is 1. The molecule has 0 spiro atoms. The lowest BCUT2D eigenvalue weighted by Gasteiger charge is -2.07. The summed E-state index contributed by atoms with van der Waals surface area (Å²) in [5.41, 5.74) is 9.48. The molecular weight excluding hydrogens is 186 g/mol. The van der Waals surface area contributed by atoms with Gasteiger partial charge in [0.25, 0.3) is 0 Å². The number of hydrogen-bond acceptors (Lipinski definition) is 2. The first-order valence-corrected chi connectivity index (χ1v) is 5.35. The van der Waals surface area contributed by atoms with Crippen LogP contribution < -0.4 is 5.73 Å². The first-order valence-electron chi connectivity index (χ1n) is 5.35. The first-order chi connectivity index (χ1) is 7.15. The number of rotatable bonds is 2. The van der Waals surface area contributed by atoms with Gasteiger partial charge in [-0.25, -0.2) is 0 Å². The van der Waals surface area contributed by atoms with Crippen molar-refractivity contribution in [1.29, 1.82) is 0 Å². The number of aryl methyl sites for hydroxylation is 2. The predicted octanol–water partition coefficient (Wildman–Crippen LogP) is 2.16. The van der Waals surface area contributed by atoms with Gasteiger partial charge in [0.05, 0.1) is 11.2 Å². The van der Waals surface area contributed by atoms with Crippen molar-refractivity contribution in [3.8, 4) is 0 Å². The summed E-state index contributed by atoms with van der Waals surface area (Å²) in [5, 5.41) is 5.75. The van der Waals surface area contributed by atoms with Crippen LogP contribution in [-0.2, 0) is 13.5 Å². The fourth-order valence-electron chi connectivity index (χ4n) is 2.05. The molecule has 0 aliphatic heterocycles. The fourth-order valence-corrected chi connectivity index (χ4v) is 2.05. The Labute approximate surface area is 89.9 Å². The van der Waals surface area contributed by atoms with Gasteiger partial charge in [-0.2, -0.15) is 5.10 Å². The summed E-state index contributed by atoms with van der Waals surface area (Å²) >= 11 is 0. The van der Waals surface area contributed by atoms with Crippen molar-refractivity contribution in [2.24, 2.45) is 12.8 Å². The van der Waals surface area contributed by atoms with Crippen LogP contribution in [0.3, 0.4) is 0 Å². The molecule has 15 heavy (non-hydrogen) atoms. The van der Waals surface area contributed by atoms with Gasteiger partial charge in [0.1, 0.15) is 0 Å². The molecule has 0 aliphatic carbocycles. The maximum absolute atomic E-state index is 5.98. The average molecular weight is 203 g/mol. The van der Waals surface area contributed by atoms with Crippen LogP contribution in [0, 0.1) is 0 Å². The van der Waals surface area contributed by atoms with Crippen LogP contribution in [0.15, 0.2) is 18.2 Å². The summed E-state index contributed by atoms with van der Waals surface area (Å²) in [5.74, 6) is 0. The Morgan fingerprint density at radius 2 is 2.20 bits per heavy atom. The second-order valence-corrected chi connectivity index (χ2v) is 3.95. The van der Waals surface area contributed by atoms with Gasteiger partial charge in [0.2, 0.25) is 0 Å². The molecule has 1 aromatic heterocycles. The molecule has 80 valence electrons. The van der Waals surface area contributed by atoms with Gasteiger partial charge in [-0.05, 0) is 25.0 Å². The van der Waals surface area contributed by atoms with E-state index in [1.807, 2.05) is 24.7 Å². The zero-order chi connectivity index (χ0) is 11.0. The third-order valence-electron chi connectivity index (χ3n) is 2.81. The summed E-state index contributed by atoms with van der Waals surface area (Å²) in [6.07, 6.45) is 0.946. The lowest BCUT2D eigenvalue weighted by atomic mass is 10.0. The molecule has 0 bridgehead atoms. The standard InChI is InChI=1S/C12H17N3/c1-4-10-12-9(8(2)13)6-5-7-11(12)15(3)14-10/h5-8H,4,13H2,1-3H3. The minimum Gasteiger partial charge on any atom is -0.324 e. The molecule has 0 aliphatic rings. The Bertz CT molecular complexity index is 483. The Kier molecular flexibility index (Phi) is 2.49. The summed E-state index contributed by atoms with van der Waals surface area (Å²) in [6, 6.07) is 6.28. The lowest BCUT2D eigenvalue weighted by molar-refractivity contribution is 0.770. The van der Waals surface area contributed by atoms with E-state index in [1.165, 1.54) is 16.5 Å². The smallest absolute Gasteiger partial charge is 0.0703 e. The molecule has 0 saturated heterocycles. The largest absolute Gasteiger partial charge is 0.324 e. The minimum absolute atomic E-state index is 0.0585. The first kappa shape index (κ1) is 10.2. The minimum atomic E-state index is 0.0585. The topological polar surface area (TPSA) is 43.8 Å². The zero-order valence-corrected chi connectivity index (χ0v) is 9.49. The number of aromatic nitrogens is 2. The SMILES string of the molecule is CCc1nn(C)c2cccc(C(C)N)c12. The fraction of sp³-hybridized carbons (Fsp3) is 0.417. The highest BCUT2D eigenvalue weighted by molar-refractivity contribution is 5.86. The third-order valence-corrected chi connectivity index (χ3v) is 2.81.